The highest BCUT2D eigenvalue weighted by Crippen LogP contribution is 2.18. The number of rotatable bonds is 8. The van der Waals surface area contributed by atoms with Crippen LogP contribution in [0.25, 0.3) is 0 Å². The quantitative estimate of drug-likeness (QED) is 0.589. The van der Waals surface area contributed by atoms with Crippen LogP contribution in [0.1, 0.15) is 41.0 Å². The predicted molar refractivity (Wildman–Crippen MR) is 60.3 cm³/mol. The Morgan fingerprint density at radius 1 is 1.00 bits per heavy atom. The van der Waals surface area contributed by atoms with Gasteiger partial charge in [-0.1, -0.05) is 13.8 Å². The summed E-state index contributed by atoms with van der Waals surface area (Å²) in [7, 11) is -2.35. The zero-order valence-electron chi connectivity index (χ0n) is 10.1. The molecule has 3 nitrogen and oxygen atoms in total. The molecule has 0 radical (unpaired) electrons. The molecule has 0 N–H and O–H groups in total. The summed E-state index contributed by atoms with van der Waals surface area (Å²) in [6, 6.07) is 0.846. The smallest absolute Gasteiger partial charge is 0.374 e. The monoisotopic (exact) mass is 220 g/mol. The fraction of sp³-hybridized carbons (Fsp3) is 1.00. The summed E-state index contributed by atoms with van der Waals surface area (Å²) >= 11 is 0. The highest BCUT2D eigenvalue weighted by Gasteiger charge is 2.39. The summed E-state index contributed by atoms with van der Waals surface area (Å²) in [6.45, 7) is 11.5. The molecule has 0 spiro atoms. The molecule has 1 unspecified atom stereocenters. The maximum Gasteiger partial charge on any atom is 0.500 e. The Bertz CT molecular complexity index is 135. The molecule has 0 bridgehead atoms. The lowest BCUT2D eigenvalue weighted by Gasteiger charge is -2.30. The van der Waals surface area contributed by atoms with E-state index in [0.717, 1.165) is 12.5 Å². The van der Waals surface area contributed by atoms with E-state index in [-0.39, 0.29) is 6.10 Å². The number of hydrogen-bond acceptors (Lipinski definition) is 3. The second kappa shape index (κ2) is 7.40. The van der Waals surface area contributed by atoms with Crippen LogP contribution in [0.3, 0.4) is 0 Å². The third kappa shape index (κ3) is 4.55. The highest BCUT2D eigenvalue weighted by atomic mass is 28.4. The van der Waals surface area contributed by atoms with Crippen LogP contribution in [0, 0.1) is 0 Å². The van der Waals surface area contributed by atoms with E-state index in [4.69, 9.17) is 13.3 Å². The van der Waals surface area contributed by atoms with Crippen molar-refractivity contribution in [3.8, 4) is 0 Å². The van der Waals surface area contributed by atoms with Gasteiger partial charge in [0.25, 0.3) is 0 Å². The molecule has 0 aromatic heterocycles. The average molecular weight is 220 g/mol. The molecule has 1 atom stereocenters. The van der Waals surface area contributed by atoms with Crippen molar-refractivity contribution >= 4 is 8.80 Å². The molecule has 0 saturated heterocycles. The van der Waals surface area contributed by atoms with E-state index < -0.39 is 8.80 Å². The summed E-state index contributed by atoms with van der Waals surface area (Å²) < 4.78 is 17.3. The molecule has 14 heavy (non-hydrogen) atoms. The van der Waals surface area contributed by atoms with Gasteiger partial charge in [0.15, 0.2) is 0 Å². The van der Waals surface area contributed by atoms with Gasteiger partial charge in [0.1, 0.15) is 0 Å². The lowest BCUT2D eigenvalue weighted by Crippen LogP contribution is -2.47. The van der Waals surface area contributed by atoms with Crippen molar-refractivity contribution in [1.82, 2.24) is 0 Å². The summed E-state index contributed by atoms with van der Waals surface area (Å²) in [4.78, 5) is 0. The van der Waals surface area contributed by atoms with Crippen molar-refractivity contribution in [2.24, 2.45) is 0 Å². The minimum atomic E-state index is -2.35. The van der Waals surface area contributed by atoms with Gasteiger partial charge in [0, 0.05) is 25.4 Å². The maximum absolute atomic E-state index is 5.91. The lowest BCUT2D eigenvalue weighted by molar-refractivity contribution is 0.0382. The molecule has 0 aliphatic rings. The summed E-state index contributed by atoms with van der Waals surface area (Å²) in [5.74, 6) is 0. The van der Waals surface area contributed by atoms with Crippen molar-refractivity contribution < 1.29 is 13.3 Å². The van der Waals surface area contributed by atoms with E-state index in [1.165, 1.54) is 0 Å². The fourth-order valence-corrected chi connectivity index (χ4v) is 3.68. The average Bonchev–Trinajstić information content (AvgIpc) is 2.18. The van der Waals surface area contributed by atoms with E-state index >= 15 is 0 Å². The lowest BCUT2D eigenvalue weighted by atomic mass is 10.3. The molecule has 0 aromatic carbocycles. The largest absolute Gasteiger partial charge is 0.500 e. The third-order valence-corrected chi connectivity index (χ3v) is 5.20. The topological polar surface area (TPSA) is 27.7 Å². The van der Waals surface area contributed by atoms with Crippen molar-refractivity contribution in [3.63, 3.8) is 0 Å². The molecule has 0 heterocycles. The summed E-state index contributed by atoms with van der Waals surface area (Å²) in [6.07, 6.45) is 1.22. The van der Waals surface area contributed by atoms with Crippen LogP contribution in [0.2, 0.25) is 6.04 Å². The van der Waals surface area contributed by atoms with Crippen LogP contribution in [0.4, 0.5) is 0 Å². The second-order valence-electron chi connectivity index (χ2n) is 3.24. The molecule has 4 heteroatoms. The molecule has 0 aromatic rings. The first-order valence-electron chi connectivity index (χ1n) is 5.59. The Balaban J connectivity index is 4.31. The van der Waals surface area contributed by atoms with E-state index in [2.05, 4.69) is 20.8 Å². The van der Waals surface area contributed by atoms with Crippen LogP contribution in [-0.4, -0.2) is 28.1 Å². The van der Waals surface area contributed by atoms with Crippen LogP contribution < -0.4 is 0 Å². The van der Waals surface area contributed by atoms with Crippen molar-refractivity contribution in [1.29, 1.82) is 0 Å². The first kappa shape index (κ1) is 14.1. The zero-order valence-corrected chi connectivity index (χ0v) is 11.1. The van der Waals surface area contributed by atoms with Crippen LogP contribution in [0.5, 0.6) is 0 Å². The summed E-state index contributed by atoms with van der Waals surface area (Å²) in [5, 5.41) is 0. The van der Waals surface area contributed by atoms with Gasteiger partial charge >= 0.3 is 8.80 Å². The Hall–Kier alpha value is 0.0969. The van der Waals surface area contributed by atoms with Crippen LogP contribution >= 0.6 is 0 Å². The van der Waals surface area contributed by atoms with Gasteiger partial charge in [-0.2, -0.15) is 0 Å². The van der Waals surface area contributed by atoms with E-state index in [9.17, 15) is 0 Å². The van der Waals surface area contributed by atoms with E-state index in [0.29, 0.717) is 13.2 Å². The highest BCUT2D eigenvalue weighted by molar-refractivity contribution is 6.60. The van der Waals surface area contributed by atoms with Crippen molar-refractivity contribution in [2.45, 2.75) is 53.2 Å². The number of hydrogen-bond donors (Lipinski definition) is 0. The Morgan fingerprint density at radius 2 is 1.50 bits per heavy atom. The molecular weight excluding hydrogens is 196 g/mol. The fourth-order valence-electron chi connectivity index (χ4n) is 1.23. The molecule has 0 fully saturated rings. The van der Waals surface area contributed by atoms with E-state index in [1.807, 2.05) is 13.8 Å². The Morgan fingerprint density at radius 3 is 1.79 bits per heavy atom. The Labute approximate surface area is 89.1 Å². The predicted octanol–water partition coefficient (Wildman–Crippen LogP) is 2.83. The first-order chi connectivity index (χ1) is 6.64. The van der Waals surface area contributed by atoms with Crippen LogP contribution in [-0.2, 0) is 13.3 Å². The molecule has 0 amide bonds. The zero-order chi connectivity index (χ0) is 11.0. The molecule has 0 saturated carbocycles. The standard InChI is InChI=1S/C10H24O3Si/c1-6-10(5)13-14(9-4,11-7-2)12-8-3/h10H,6-9H2,1-5H3. The molecule has 86 valence electrons. The minimum Gasteiger partial charge on any atom is -0.374 e. The normalized spacial score (nSPS) is 14.4. The molecule has 0 aliphatic carbocycles. The molecule has 0 rings (SSSR count). The maximum atomic E-state index is 5.91. The Kier molecular flexibility index (Phi) is 7.45. The van der Waals surface area contributed by atoms with Gasteiger partial charge in [-0.3, -0.25) is 0 Å². The summed E-state index contributed by atoms with van der Waals surface area (Å²) in [5.41, 5.74) is 0. The van der Waals surface area contributed by atoms with Gasteiger partial charge in [-0.05, 0) is 27.2 Å². The van der Waals surface area contributed by atoms with Crippen LogP contribution in [0.15, 0.2) is 0 Å². The first-order valence-corrected chi connectivity index (χ1v) is 7.52. The molecule has 0 aliphatic heterocycles. The SMILES string of the molecule is CCO[Si](CC)(OCC)OC(C)CC. The van der Waals surface area contributed by atoms with Crippen molar-refractivity contribution in [2.75, 3.05) is 13.2 Å². The second-order valence-corrected chi connectivity index (χ2v) is 6.13. The van der Waals surface area contributed by atoms with Gasteiger partial charge in [0.05, 0.1) is 0 Å². The van der Waals surface area contributed by atoms with Gasteiger partial charge < -0.3 is 13.3 Å². The van der Waals surface area contributed by atoms with Gasteiger partial charge in [-0.15, -0.1) is 0 Å². The van der Waals surface area contributed by atoms with Gasteiger partial charge in [0.2, 0.25) is 0 Å². The minimum absolute atomic E-state index is 0.222. The third-order valence-electron chi connectivity index (χ3n) is 2.12. The van der Waals surface area contributed by atoms with E-state index in [1.54, 1.807) is 0 Å². The molecular formula is C10H24O3Si. The van der Waals surface area contributed by atoms with Gasteiger partial charge in [-0.25, -0.2) is 0 Å². The van der Waals surface area contributed by atoms with Crippen molar-refractivity contribution in [3.05, 3.63) is 0 Å².